The van der Waals surface area contributed by atoms with E-state index in [1.165, 1.54) is 0 Å². The van der Waals surface area contributed by atoms with Gasteiger partial charge in [0.2, 0.25) is 11.8 Å². The van der Waals surface area contributed by atoms with Crippen LogP contribution in [0.25, 0.3) is 0 Å². The first-order valence-electron chi connectivity index (χ1n) is 7.48. The van der Waals surface area contributed by atoms with Gasteiger partial charge in [-0.15, -0.1) is 0 Å². The summed E-state index contributed by atoms with van der Waals surface area (Å²) in [6.07, 6.45) is 1.97. The van der Waals surface area contributed by atoms with Gasteiger partial charge in [0.1, 0.15) is 0 Å². The molecule has 124 valence electrons. The predicted octanol–water partition coefficient (Wildman–Crippen LogP) is 0.993. The zero-order chi connectivity index (χ0) is 16.4. The Morgan fingerprint density at radius 2 is 2.14 bits per heavy atom. The average molecular weight is 329 g/mol. The quantitative estimate of drug-likeness (QED) is 0.864. The number of hydrogen-bond donors (Lipinski definition) is 1. The minimum absolute atomic E-state index is 0.0529. The second-order valence-corrected chi connectivity index (χ2v) is 9.01. The Kier molecular flexibility index (Phi) is 4.89. The number of aryl methyl sites for hydroxylation is 1. The lowest BCUT2D eigenvalue weighted by atomic mass is 9.96. The van der Waals surface area contributed by atoms with Crippen molar-refractivity contribution >= 4 is 15.7 Å². The summed E-state index contributed by atoms with van der Waals surface area (Å²) in [5.41, 5.74) is -0.160. The molecule has 1 amide bonds. The molecule has 1 saturated heterocycles. The minimum atomic E-state index is -2.96. The fraction of sp³-hybridized carbons (Fsp3) is 0.786. The summed E-state index contributed by atoms with van der Waals surface area (Å²) in [7, 11) is -2.96. The SMILES string of the molecule is CC(C)(C)c1noc(CCCC(=O)N[C@H]2CCS(=O)(=O)C2)n1. The molecule has 0 unspecified atom stereocenters. The van der Waals surface area contributed by atoms with Crippen LogP contribution in [0.5, 0.6) is 0 Å². The van der Waals surface area contributed by atoms with E-state index in [2.05, 4.69) is 15.5 Å². The molecule has 22 heavy (non-hydrogen) atoms. The molecule has 2 rings (SSSR count). The van der Waals surface area contributed by atoms with E-state index in [-0.39, 0.29) is 28.9 Å². The highest BCUT2D eigenvalue weighted by Crippen LogP contribution is 2.19. The third kappa shape index (κ3) is 4.79. The predicted molar refractivity (Wildman–Crippen MR) is 81.1 cm³/mol. The van der Waals surface area contributed by atoms with Crippen LogP contribution in [0.4, 0.5) is 0 Å². The number of rotatable bonds is 5. The fourth-order valence-corrected chi connectivity index (χ4v) is 3.94. The van der Waals surface area contributed by atoms with Gasteiger partial charge in [0.05, 0.1) is 11.5 Å². The van der Waals surface area contributed by atoms with Gasteiger partial charge in [-0.1, -0.05) is 25.9 Å². The van der Waals surface area contributed by atoms with Gasteiger partial charge < -0.3 is 9.84 Å². The van der Waals surface area contributed by atoms with Crippen LogP contribution in [0.2, 0.25) is 0 Å². The number of amides is 1. The highest BCUT2D eigenvalue weighted by Gasteiger charge is 2.28. The van der Waals surface area contributed by atoms with Gasteiger partial charge in [0.25, 0.3) is 0 Å². The van der Waals surface area contributed by atoms with Crippen LogP contribution in [-0.4, -0.2) is 42.0 Å². The standard InChI is InChI=1S/C14H23N3O4S/c1-14(2,3)13-16-12(21-17-13)6-4-5-11(18)15-10-7-8-22(19,20)9-10/h10H,4-9H2,1-3H3,(H,15,18)/t10-/m0/s1. The van der Waals surface area contributed by atoms with E-state index in [9.17, 15) is 13.2 Å². The summed E-state index contributed by atoms with van der Waals surface area (Å²) in [4.78, 5) is 16.1. The maximum atomic E-state index is 11.8. The van der Waals surface area contributed by atoms with Gasteiger partial charge in [-0.25, -0.2) is 8.42 Å². The van der Waals surface area contributed by atoms with E-state index in [0.717, 1.165) is 0 Å². The molecule has 1 N–H and O–H groups in total. The van der Waals surface area contributed by atoms with Crippen LogP contribution in [0.15, 0.2) is 4.52 Å². The molecule has 1 atom stereocenters. The monoisotopic (exact) mass is 329 g/mol. The summed E-state index contributed by atoms with van der Waals surface area (Å²) < 4.78 is 27.8. The van der Waals surface area contributed by atoms with Crippen molar-refractivity contribution in [3.8, 4) is 0 Å². The number of aromatic nitrogens is 2. The van der Waals surface area contributed by atoms with Crippen molar-refractivity contribution < 1.29 is 17.7 Å². The van der Waals surface area contributed by atoms with Gasteiger partial charge in [-0.2, -0.15) is 4.98 Å². The average Bonchev–Trinajstić information content (AvgIpc) is 2.95. The van der Waals surface area contributed by atoms with Crippen LogP contribution in [0, 0.1) is 0 Å². The Morgan fingerprint density at radius 3 is 2.68 bits per heavy atom. The van der Waals surface area contributed by atoms with Crippen molar-refractivity contribution in [2.24, 2.45) is 0 Å². The molecule has 0 spiro atoms. The second kappa shape index (κ2) is 6.36. The first kappa shape index (κ1) is 16.9. The molecule has 0 saturated carbocycles. The Balaban J connectivity index is 1.72. The number of carbonyl (C=O) groups excluding carboxylic acids is 1. The van der Waals surface area contributed by atoms with Gasteiger partial charge in [0, 0.05) is 24.3 Å². The van der Waals surface area contributed by atoms with Crippen molar-refractivity contribution in [3.05, 3.63) is 11.7 Å². The van der Waals surface area contributed by atoms with Crippen molar-refractivity contribution in [1.29, 1.82) is 0 Å². The third-order valence-electron chi connectivity index (χ3n) is 3.53. The lowest BCUT2D eigenvalue weighted by Crippen LogP contribution is -2.35. The van der Waals surface area contributed by atoms with E-state index in [1.54, 1.807) is 0 Å². The normalized spacial score (nSPS) is 21.0. The number of sulfone groups is 1. The Hall–Kier alpha value is -1.44. The smallest absolute Gasteiger partial charge is 0.226 e. The lowest BCUT2D eigenvalue weighted by molar-refractivity contribution is -0.121. The lowest BCUT2D eigenvalue weighted by Gasteiger charge is -2.11. The zero-order valence-electron chi connectivity index (χ0n) is 13.3. The van der Waals surface area contributed by atoms with Crippen LogP contribution < -0.4 is 5.32 Å². The van der Waals surface area contributed by atoms with Crippen LogP contribution in [-0.2, 0) is 26.5 Å². The largest absolute Gasteiger partial charge is 0.352 e. The molecule has 0 aromatic carbocycles. The Labute approximate surface area is 130 Å². The van der Waals surface area contributed by atoms with Gasteiger partial charge in [0.15, 0.2) is 15.7 Å². The van der Waals surface area contributed by atoms with E-state index in [0.29, 0.717) is 37.4 Å². The number of nitrogens with zero attached hydrogens (tertiary/aromatic N) is 2. The van der Waals surface area contributed by atoms with Gasteiger partial charge in [-0.3, -0.25) is 4.79 Å². The van der Waals surface area contributed by atoms with Crippen molar-refractivity contribution in [2.45, 2.75) is 57.9 Å². The highest BCUT2D eigenvalue weighted by atomic mass is 32.2. The highest BCUT2D eigenvalue weighted by molar-refractivity contribution is 7.91. The summed E-state index contributed by atoms with van der Waals surface area (Å²) in [5, 5.41) is 6.70. The topological polar surface area (TPSA) is 102 Å². The molecule has 0 bridgehead atoms. The Bertz CT molecular complexity index is 631. The number of hydrogen-bond acceptors (Lipinski definition) is 6. The summed E-state index contributed by atoms with van der Waals surface area (Å²) in [5.74, 6) is 1.27. The summed E-state index contributed by atoms with van der Waals surface area (Å²) >= 11 is 0. The zero-order valence-corrected chi connectivity index (χ0v) is 14.1. The fourth-order valence-electron chi connectivity index (χ4n) is 2.27. The molecule has 1 aliphatic rings. The van der Waals surface area contributed by atoms with Crippen LogP contribution in [0.1, 0.15) is 51.7 Å². The molecule has 1 aliphatic heterocycles. The first-order valence-corrected chi connectivity index (χ1v) is 9.31. The molecular formula is C14H23N3O4S. The molecular weight excluding hydrogens is 306 g/mol. The van der Waals surface area contributed by atoms with E-state index in [1.807, 2.05) is 20.8 Å². The molecule has 1 aromatic rings. The van der Waals surface area contributed by atoms with E-state index >= 15 is 0 Å². The number of carbonyl (C=O) groups is 1. The van der Waals surface area contributed by atoms with E-state index in [4.69, 9.17) is 4.52 Å². The molecule has 8 heteroatoms. The van der Waals surface area contributed by atoms with Crippen molar-refractivity contribution in [2.75, 3.05) is 11.5 Å². The van der Waals surface area contributed by atoms with Gasteiger partial charge in [-0.05, 0) is 12.8 Å². The molecule has 1 fully saturated rings. The maximum Gasteiger partial charge on any atom is 0.226 e. The molecule has 0 radical (unpaired) electrons. The summed E-state index contributed by atoms with van der Waals surface area (Å²) in [6, 6.07) is -0.242. The second-order valence-electron chi connectivity index (χ2n) is 6.78. The Morgan fingerprint density at radius 1 is 1.41 bits per heavy atom. The first-order chi connectivity index (χ1) is 10.2. The van der Waals surface area contributed by atoms with Crippen LogP contribution >= 0.6 is 0 Å². The molecule has 1 aromatic heterocycles. The van der Waals surface area contributed by atoms with E-state index < -0.39 is 9.84 Å². The maximum absolute atomic E-state index is 11.8. The summed E-state index contributed by atoms with van der Waals surface area (Å²) in [6.45, 7) is 6.01. The van der Waals surface area contributed by atoms with Crippen molar-refractivity contribution in [3.63, 3.8) is 0 Å². The van der Waals surface area contributed by atoms with Crippen LogP contribution in [0.3, 0.4) is 0 Å². The molecule has 2 heterocycles. The van der Waals surface area contributed by atoms with Crippen molar-refractivity contribution in [1.82, 2.24) is 15.5 Å². The van der Waals surface area contributed by atoms with Gasteiger partial charge >= 0.3 is 0 Å². The molecule has 0 aliphatic carbocycles. The number of nitrogens with one attached hydrogen (secondary N) is 1. The third-order valence-corrected chi connectivity index (χ3v) is 5.30. The molecule has 7 nitrogen and oxygen atoms in total. The minimum Gasteiger partial charge on any atom is -0.352 e.